The number of fused-ring (bicyclic) bond motifs is 1. The van der Waals surface area contributed by atoms with E-state index in [1.54, 1.807) is 24.3 Å². The summed E-state index contributed by atoms with van der Waals surface area (Å²) in [6.45, 7) is 1.74. The Morgan fingerprint density at radius 1 is 1.09 bits per heavy atom. The van der Waals surface area contributed by atoms with Gasteiger partial charge < -0.3 is 9.88 Å². The average Bonchev–Trinajstić information content (AvgIpc) is 2.89. The van der Waals surface area contributed by atoms with Gasteiger partial charge in [0.15, 0.2) is 5.78 Å². The number of hydrogen-bond donors (Lipinski definition) is 1. The Morgan fingerprint density at radius 3 is 2.52 bits per heavy atom. The minimum Gasteiger partial charge on any atom is -0.340 e. The third-order valence-corrected chi connectivity index (χ3v) is 4.07. The molecular weight excluding hydrogens is 356 g/mol. The predicted molar refractivity (Wildman–Crippen MR) is 94.7 cm³/mol. The summed E-state index contributed by atoms with van der Waals surface area (Å²) in [5.41, 5.74) is 2.33. The third-order valence-electron chi connectivity index (χ3n) is 3.57. The molecule has 0 bridgehead atoms. The number of ketones is 1. The molecule has 23 heavy (non-hydrogen) atoms. The number of carbonyl (C=O) groups is 2. The van der Waals surface area contributed by atoms with Crippen LogP contribution in [0.15, 0.2) is 59.2 Å². The van der Waals surface area contributed by atoms with Gasteiger partial charge in [0.2, 0.25) is 5.91 Å². The quantitative estimate of drug-likeness (QED) is 0.698. The van der Waals surface area contributed by atoms with Gasteiger partial charge in [-0.05, 0) is 48.5 Å². The van der Waals surface area contributed by atoms with Gasteiger partial charge in [-0.2, -0.15) is 0 Å². The van der Waals surface area contributed by atoms with E-state index in [0.717, 1.165) is 15.4 Å². The van der Waals surface area contributed by atoms with Crippen LogP contribution in [0.1, 0.15) is 17.3 Å². The molecule has 1 N–H and O–H groups in total. The van der Waals surface area contributed by atoms with E-state index in [1.165, 1.54) is 6.92 Å². The van der Waals surface area contributed by atoms with Gasteiger partial charge in [0.05, 0.1) is 6.54 Å². The third kappa shape index (κ3) is 3.51. The van der Waals surface area contributed by atoms with E-state index in [-0.39, 0.29) is 18.2 Å². The van der Waals surface area contributed by atoms with Crippen molar-refractivity contribution in [3.8, 4) is 0 Å². The molecule has 0 radical (unpaired) electrons. The number of aromatic nitrogens is 1. The van der Waals surface area contributed by atoms with Crippen molar-refractivity contribution in [1.82, 2.24) is 4.57 Å². The van der Waals surface area contributed by atoms with Crippen LogP contribution in [0.3, 0.4) is 0 Å². The molecule has 0 atom stereocenters. The first-order valence-electron chi connectivity index (χ1n) is 7.18. The van der Waals surface area contributed by atoms with Crippen molar-refractivity contribution in [3.05, 3.63) is 64.8 Å². The van der Waals surface area contributed by atoms with Crippen LogP contribution in [-0.4, -0.2) is 16.3 Å². The number of nitrogens with zero attached hydrogens (tertiary/aromatic N) is 1. The molecule has 0 aliphatic rings. The zero-order valence-electron chi connectivity index (χ0n) is 12.5. The maximum Gasteiger partial charge on any atom is 0.221 e. The highest BCUT2D eigenvalue weighted by Gasteiger charge is 2.09. The number of carbonyl (C=O) groups excluding carboxylic acids is 2. The van der Waals surface area contributed by atoms with E-state index in [2.05, 4.69) is 21.2 Å². The van der Waals surface area contributed by atoms with Gasteiger partial charge in [-0.1, -0.05) is 15.9 Å². The molecule has 0 saturated carbocycles. The highest BCUT2D eigenvalue weighted by molar-refractivity contribution is 9.10. The van der Waals surface area contributed by atoms with Gasteiger partial charge in [0.1, 0.15) is 0 Å². The first-order valence-corrected chi connectivity index (χ1v) is 7.97. The number of benzene rings is 2. The van der Waals surface area contributed by atoms with Crippen LogP contribution in [-0.2, 0) is 11.3 Å². The SMILES string of the molecule is CC(=O)Nc1ccc(C(=O)Cn2ccc3cc(Br)ccc32)cc1. The lowest BCUT2D eigenvalue weighted by atomic mass is 10.1. The summed E-state index contributed by atoms with van der Waals surface area (Å²) < 4.78 is 2.95. The molecule has 0 aliphatic carbocycles. The molecule has 0 spiro atoms. The molecule has 1 heterocycles. The maximum absolute atomic E-state index is 12.4. The topological polar surface area (TPSA) is 51.1 Å². The minimum atomic E-state index is -0.131. The van der Waals surface area contributed by atoms with Gasteiger partial charge >= 0.3 is 0 Å². The van der Waals surface area contributed by atoms with Crippen LogP contribution < -0.4 is 5.32 Å². The van der Waals surface area contributed by atoms with Crippen LogP contribution in [0.2, 0.25) is 0 Å². The van der Waals surface area contributed by atoms with Crippen LogP contribution in [0.5, 0.6) is 0 Å². The molecule has 5 heteroatoms. The number of hydrogen-bond acceptors (Lipinski definition) is 2. The molecule has 0 aliphatic heterocycles. The first kappa shape index (κ1) is 15.5. The summed E-state index contributed by atoms with van der Waals surface area (Å²) in [6, 6.07) is 14.9. The van der Waals surface area contributed by atoms with Gasteiger partial charge in [-0.15, -0.1) is 0 Å². The Bertz CT molecular complexity index is 882. The van der Waals surface area contributed by atoms with E-state index < -0.39 is 0 Å². The van der Waals surface area contributed by atoms with Crippen molar-refractivity contribution in [2.45, 2.75) is 13.5 Å². The fourth-order valence-electron chi connectivity index (χ4n) is 2.50. The van der Waals surface area contributed by atoms with Crippen molar-refractivity contribution in [3.63, 3.8) is 0 Å². The molecule has 3 aromatic rings. The number of rotatable bonds is 4. The van der Waals surface area contributed by atoms with Crippen LogP contribution in [0.4, 0.5) is 5.69 Å². The van der Waals surface area contributed by atoms with Crippen molar-refractivity contribution in [2.24, 2.45) is 0 Å². The number of amides is 1. The number of nitrogens with one attached hydrogen (secondary N) is 1. The van der Waals surface area contributed by atoms with Gasteiger partial charge in [0, 0.05) is 39.7 Å². The fraction of sp³-hybridized carbons (Fsp3) is 0.111. The molecule has 0 fully saturated rings. The van der Waals surface area contributed by atoms with Crippen molar-refractivity contribution in [1.29, 1.82) is 0 Å². The van der Waals surface area contributed by atoms with E-state index >= 15 is 0 Å². The fourth-order valence-corrected chi connectivity index (χ4v) is 2.88. The summed E-state index contributed by atoms with van der Waals surface area (Å²) in [5.74, 6) is -0.103. The Hall–Kier alpha value is -2.40. The Morgan fingerprint density at radius 2 is 1.83 bits per heavy atom. The molecule has 0 saturated heterocycles. The van der Waals surface area contributed by atoms with E-state index in [0.29, 0.717) is 11.3 Å². The Balaban J connectivity index is 1.79. The molecule has 1 aromatic heterocycles. The van der Waals surface area contributed by atoms with Crippen LogP contribution in [0, 0.1) is 0 Å². The second-order valence-corrected chi connectivity index (χ2v) is 6.24. The second-order valence-electron chi connectivity index (χ2n) is 5.33. The molecule has 0 unspecified atom stereocenters. The summed E-state index contributed by atoms with van der Waals surface area (Å²) in [5, 5.41) is 3.78. The second kappa shape index (κ2) is 6.38. The smallest absolute Gasteiger partial charge is 0.221 e. The molecule has 1 amide bonds. The molecular formula is C18H15BrN2O2. The van der Waals surface area contributed by atoms with E-state index in [1.807, 2.05) is 35.0 Å². The first-order chi connectivity index (χ1) is 11.0. The number of anilines is 1. The van der Waals surface area contributed by atoms with Gasteiger partial charge in [-0.3, -0.25) is 9.59 Å². The Kier molecular flexibility index (Phi) is 4.30. The highest BCUT2D eigenvalue weighted by Crippen LogP contribution is 2.21. The van der Waals surface area contributed by atoms with Crippen LogP contribution in [0.25, 0.3) is 10.9 Å². The lowest BCUT2D eigenvalue weighted by Gasteiger charge is -2.07. The molecule has 116 valence electrons. The standard InChI is InChI=1S/C18H15BrN2O2/c1-12(22)20-16-5-2-13(3-6-16)18(23)11-21-9-8-14-10-15(19)4-7-17(14)21/h2-10H,11H2,1H3,(H,20,22). The zero-order chi connectivity index (χ0) is 16.4. The van der Waals surface area contributed by atoms with E-state index in [9.17, 15) is 9.59 Å². The summed E-state index contributed by atoms with van der Waals surface area (Å²) in [6.07, 6.45) is 1.92. The highest BCUT2D eigenvalue weighted by atomic mass is 79.9. The minimum absolute atomic E-state index is 0.0276. The predicted octanol–water partition coefficient (Wildman–Crippen LogP) is 4.25. The van der Waals surface area contributed by atoms with Crippen molar-refractivity contribution >= 4 is 44.2 Å². The van der Waals surface area contributed by atoms with Gasteiger partial charge in [0.25, 0.3) is 0 Å². The summed E-state index contributed by atoms with van der Waals surface area (Å²) >= 11 is 3.45. The molecule has 2 aromatic carbocycles. The van der Waals surface area contributed by atoms with Gasteiger partial charge in [-0.25, -0.2) is 0 Å². The molecule has 3 rings (SSSR count). The summed E-state index contributed by atoms with van der Waals surface area (Å²) in [4.78, 5) is 23.4. The Labute approximate surface area is 142 Å². The lowest BCUT2D eigenvalue weighted by molar-refractivity contribution is -0.114. The average molecular weight is 371 g/mol. The van der Waals surface area contributed by atoms with Crippen molar-refractivity contribution < 1.29 is 9.59 Å². The largest absolute Gasteiger partial charge is 0.340 e. The van der Waals surface area contributed by atoms with Crippen molar-refractivity contribution in [2.75, 3.05) is 5.32 Å². The maximum atomic E-state index is 12.4. The number of halogens is 1. The van der Waals surface area contributed by atoms with E-state index in [4.69, 9.17) is 0 Å². The van der Waals surface area contributed by atoms with Crippen LogP contribution >= 0.6 is 15.9 Å². The molecule has 4 nitrogen and oxygen atoms in total. The number of Topliss-reactive ketones (excluding diaryl/α,β-unsaturated/α-hetero) is 1. The zero-order valence-corrected chi connectivity index (χ0v) is 14.1. The summed E-state index contributed by atoms with van der Waals surface area (Å²) in [7, 11) is 0. The normalized spacial score (nSPS) is 10.7. The monoisotopic (exact) mass is 370 g/mol. The lowest BCUT2D eigenvalue weighted by Crippen LogP contribution is -2.10.